The predicted octanol–water partition coefficient (Wildman–Crippen LogP) is 3.51. The number of benzene rings is 1. The van der Waals surface area contributed by atoms with E-state index in [1.807, 2.05) is 38.4 Å². The maximum atomic E-state index is 9.07. The molecule has 0 saturated carbocycles. The van der Waals surface area contributed by atoms with Gasteiger partial charge in [-0.05, 0) is 43.4 Å². The van der Waals surface area contributed by atoms with Crippen molar-refractivity contribution in [1.29, 1.82) is 5.26 Å². The van der Waals surface area contributed by atoms with E-state index in [-0.39, 0.29) is 0 Å². The molecule has 0 N–H and O–H groups in total. The molecule has 1 rings (SSSR count). The van der Waals surface area contributed by atoms with Gasteiger partial charge in [-0.25, -0.2) is 0 Å². The molecule has 1 unspecified atom stereocenters. The van der Waals surface area contributed by atoms with Gasteiger partial charge in [0.15, 0.2) is 14.4 Å². The van der Waals surface area contributed by atoms with Crippen molar-refractivity contribution < 1.29 is 4.43 Å². The Hall–Kier alpha value is -1.57. The Balaban J connectivity index is 2.72. The SMILES string of the molecule is CN(C)c1ccc(C=CC(C#N)O[Si](C)(C)C)cc1. The fourth-order valence-electron chi connectivity index (χ4n) is 1.57. The zero-order valence-electron chi connectivity index (χ0n) is 12.3. The van der Waals surface area contributed by atoms with E-state index in [0.717, 1.165) is 11.3 Å². The van der Waals surface area contributed by atoms with Crippen LogP contribution in [-0.2, 0) is 4.43 Å². The lowest BCUT2D eigenvalue weighted by Crippen LogP contribution is -2.30. The molecule has 0 aliphatic heterocycles. The highest BCUT2D eigenvalue weighted by atomic mass is 28.4. The summed E-state index contributed by atoms with van der Waals surface area (Å²) >= 11 is 0. The average Bonchev–Trinajstić information content (AvgIpc) is 2.33. The smallest absolute Gasteiger partial charge is 0.185 e. The summed E-state index contributed by atoms with van der Waals surface area (Å²) in [5.74, 6) is 0. The minimum Gasteiger partial charge on any atom is -0.399 e. The minimum absolute atomic E-state index is 0.458. The second-order valence-corrected chi connectivity index (χ2v) is 10.1. The van der Waals surface area contributed by atoms with Crippen molar-refractivity contribution in [3.05, 3.63) is 35.9 Å². The Morgan fingerprint density at radius 2 is 1.79 bits per heavy atom. The van der Waals surface area contributed by atoms with E-state index in [0.29, 0.717) is 0 Å². The van der Waals surface area contributed by atoms with E-state index in [1.54, 1.807) is 0 Å². The van der Waals surface area contributed by atoms with Crippen molar-refractivity contribution in [2.75, 3.05) is 19.0 Å². The van der Waals surface area contributed by atoms with Gasteiger partial charge in [-0.2, -0.15) is 5.26 Å². The Kier molecular flexibility index (Phi) is 5.34. The van der Waals surface area contributed by atoms with Gasteiger partial charge in [-0.1, -0.05) is 18.2 Å². The Bertz CT molecular complexity index is 466. The maximum absolute atomic E-state index is 9.07. The summed E-state index contributed by atoms with van der Waals surface area (Å²) in [7, 11) is 2.34. The molecule has 0 spiro atoms. The second kappa shape index (κ2) is 6.55. The lowest BCUT2D eigenvalue weighted by molar-refractivity contribution is 0.297. The van der Waals surface area contributed by atoms with Crippen LogP contribution in [0.5, 0.6) is 0 Å². The van der Waals surface area contributed by atoms with Crippen LogP contribution in [0.4, 0.5) is 5.69 Å². The summed E-state index contributed by atoms with van der Waals surface area (Å²) < 4.78 is 5.75. The van der Waals surface area contributed by atoms with E-state index in [9.17, 15) is 0 Å². The van der Waals surface area contributed by atoms with Crippen LogP contribution in [0.2, 0.25) is 19.6 Å². The molecule has 3 nitrogen and oxygen atoms in total. The van der Waals surface area contributed by atoms with Crippen LogP contribution in [0.3, 0.4) is 0 Å². The zero-order chi connectivity index (χ0) is 14.5. The highest BCUT2D eigenvalue weighted by Gasteiger charge is 2.18. The normalized spacial score (nSPS) is 13.3. The molecular formula is C15H22N2OSi. The molecule has 0 fully saturated rings. The molecule has 4 heteroatoms. The quantitative estimate of drug-likeness (QED) is 0.771. The van der Waals surface area contributed by atoms with Gasteiger partial charge in [0.1, 0.15) is 0 Å². The van der Waals surface area contributed by atoms with Crippen molar-refractivity contribution in [3.8, 4) is 6.07 Å². The lowest BCUT2D eigenvalue weighted by atomic mass is 10.1. The fraction of sp³-hybridized carbons (Fsp3) is 0.400. The van der Waals surface area contributed by atoms with Gasteiger partial charge in [0.05, 0.1) is 6.07 Å². The number of hydrogen-bond donors (Lipinski definition) is 0. The molecule has 19 heavy (non-hydrogen) atoms. The summed E-state index contributed by atoms with van der Waals surface area (Å²) in [6.45, 7) is 6.24. The molecule has 1 aromatic carbocycles. The predicted molar refractivity (Wildman–Crippen MR) is 83.6 cm³/mol. The monoisotopic (exact) mass is 274 g/mol. The zero-order valence-corrected chi connectivity index (χ0v) is 13.3. The molecule has 0 radical (unpaired) electrons. The van der Waals surface area contributed by atoms with Gasteiger partial charge < -0.3 is 9.33 Å². The molecule has 0 saturated heterocycles. The van der Waals surface area contributed by atoms with E-state index >= 15 is 0 Å². The average molecular weight is 274 g/mol. The van der Waals surface area contributed by atoms with Crippen molar-refractivity contribution in [2.45, 2.75) is 25.7 Å². The number of nitrogens with zero attached hydrogens (tertiary/aromatic N) is 2. The van der Waals surface area contributed by atoms with E-state index in [2.05, 4.69) is 42.7 Å². The second-order valence-electron chi connectivity index (χ2n) is 5.62. The van der Waals surface area contributed by atoms with Crippen molar-refractivity contribution in [2.24, 2.45) is 0 Å². The molecule has 0 heterocycles. The third kappa shape index (κ3) is 5.73. The number of anilines is 1. The van der Waals surface area contributed by atoms with Gasteiger partial charge in [0.2, 0.25) is 0 Å². The van der Waals surface area contributed by atoms with E-state index < -0.39 is 14.4 Å². The summed E-state index contributed by atoms with van der Waals surface area (Å²) in [5.41, 5.74) is 2.23. The molecule has 1 atom stereocenters. The highest BCUT2D eigenvalue weighted by Crippen LogP contribution is 2.14. The first-order chi connectivity index (χ1) is 8.81. The van der Waals surface area contributed by atoms with Crippen LogP contribution < -0.4 is 4.90 Å². The van der Waals surface area contributed by atoms with Gasteiger partial charge in [-0.15, -0.1) is 0 Å². The molecule has 0 aliphatic carbocycles. The third-order valence-corrected chi connectivity index (χ3v) is 3.44. The van der Waals surface area contributed by atoms with E-state index in [4.69, 9.17) is 9.69 Å². The van der Waals surface area contributed by atoms with Gasteiger partial charge in [0, 0.05) is 19.8 Å². The van der Waals surface area contributed by atoms with Crippen molar-refractivity contribution >= 4 is 20.1 Å². The van der Waals surface area contributed by atoms with Crippen LogP contribution in [0.1, 0.15) is 5.56 Å². The minimum atomic E-state index is -1.68. The van der Waals surface area contributed by atoms with Crippen molar-refractivity contribution in [1.82, 2.24) is 0 Å². The number of nitriles is 1. The van der Waals surface area contributed by atoms with Crippen molar-refractivity contribution in [3.63, 3.8) is 0 Å². The molecule has 0 amide bonds. The fourth-order valence-corrected chi connectivity index (χ4v) is 2.46. The van der Waals surface area contributed by atoms with Crippen LogP contribution in [0, 0.1) is 11.3 Å². The first-order valence-electron chi connectivity index (χ1n) is 6.35. The summed E-state index contributed by atoms with van der Waals surface area (Å²) in [6, 6.07) is 10.4. The Labute approximate surface area is 117 Å². The summed E-state index contributed by atoms with van der Waals surface area (Å²) in [4.78, 5) is 2.06. The highest BCUT2D eigenvalue weighted by molar-refractivity contribution is 6.69. The molecule has 0 aliphatic rings. The Morgan fingerprint density at radius 1 is 1.21 bits per heavy atom. The molecular weight excluding hydrogens is 252 g/mol. The largest absolute Gasteiger partial charge is 0.399 e. The molecule has 0 bridgehead atoms. The topological polar surface area (TPSA) is 36.3 Å². The standard InChI is InChI=1S/C15H22N2OSi/c1-17(2)14-9-6-13(7-10-14)8-11-15(12-16)18-19(3,4)5/h6-11,15H,1-5H3. The summed E-state index contributed by atoms with van der Waals surface area (Å²) in [6.07, 6.45) is 3.30. The van der Waals surface area contributed by atoms with E-state index in [1.165, 1.54) is 0 Å². The molecule has 0 aromatic heterocycles. The lowest BCUT2D eigenvalue weighted by Gasteiger charge is -2.19. The summed E-state index contributed by atoms with van der Waals surface area (Å²) in [5, 5.41) is 9.07. The van der Waals surface area contributed by atoms with Gasteiger partial charge in [0.25, 0.3) is 0 Å². The maximum Gasteiger partial charge on any atom is 0.185 e. The molecule has 1 aromatic rings. The Morgan fingerprint density at radius 3 is 2.21 bits per heavy atom. The van der Waals surface area contributed by atoms with Crippen LogP contribution >= 0.6 is 0 Å². The first kappa shape index (κ1) is 15.5. The van der Waals surface area contributed by atoms with Crippen LogP contribution in [-0.4, -0.2) is 28.5 Å². The molecule has 102 valence electrons. The third-order valence-electron chi connectivity index (χ3n) is 2.48. The van der Waals surface area contributed by atoms with Gasteiger partial charge in [-0.3, -0.25) is 0 Å². The van der Waals surface area contributed by atoms with Crippen LogP contribution in [0.15, 0.2) is 30.3 Å². The van der Waals surface area contributed by atoms with Gasteiger partial charge >= 0.3 is 0 Å². The number of rotatable bonds is 5. The van der Waals surface area contributed by atoms with Crippen LogP contribution in [0.25, 0.3) is 6.08 Å². The first-order valence-corrected chi connectivity index (χ1v) is 9.76. The number of hydrogen-bond acceptors (Lipinski definition) is 3.